The van der Waals surface area contributed by atoms with Crippen LogP contribution in [0.2, 0.25) is 0 Å². The van der Waals surface area contributed by atoms with Crippen LogP contribution in [-0.2, 0) is 0 Å². The Bertz CT molecular complexity index is 1320. The molecule has 0 spiro atoms. The van der Waals surface area contributed by atoms with E-state index in [1.165, 1.54) is 167 Å². The highest BCUT2D eigenvalue weighted by molar-refractivity contribution is 5.92. The molecule has 3 aromatic carbocycles. The second-order valence-corrected chi connectivity index (χ2v) is 16.2. The molecule has 0 bridgehead atoms. The predicted molar refractivity (Wildman–Crippen MR) is 241 cm³/mol. The van der Waals surface area contributed by atoms with Gasteiger partial charge in [0, 0.05) is 0 Å². The lowest BCUT2D eigenvalue weighted by Gasteiger charge is -2.09. The van der Waals surface area contributed by atoms with E-state index in [4.69, 9.17) is 18.9 Å². The van der Waals surface area contributed by atoms with Gasteiger partial charge in [-0.2, -0.15) is 0 Å². The molecule has 0 saturated heterocycles. The van der Waals surface area contributed by atoms with Gasteiger partial charge < -0.3 is 18.9 Å². The van der Waals surface area contributed by atoms with Gasteiger partial charge in [-0.1, -0.05) is 181 Å². The van der Waals surface area contributed by atoms with Crippen LogP contribution in [0.5, 0.6) is 23.0 Å². The van der Waals surface area contributed by atoms with E-state index in [1.807, 2.05) is 24.3 Å². The molecule has 0 heterocycles. The predicted octanol–water partition coefficient (Wildman–Crippen LogP) is 15.8. The van der Waals surface area contributed by atoms with Crippen LogP contribution in [0, 0.1) is 0 Å². The van der Waals surface area contributed by atoms with Crippen LogP contribution in [0.25, 0.3) is 0 Å². The molecule has 0 saturated carbocycles. The van der Waals surface area contributed by atoms with Gasteiger partial charge in [0.2, 0.25) is 0 Å². The van der Waals surface area contributed by atoms with Gasteiger partial charge in [-0.15, -0.1) is 0 Å². The molecule has 6 heteroatoms. The summed E-state index contributed by atoms with van der Waals surface area (Å²) in [5.41, 5.74) is 0.873. The van der Waals surface area contributed by atoms with Gasteiger partial charge in [-0.25, -0.2) is 9.59 Å². The largest absolute Gasteiger partial charge is 0.494 e. The molecule has 3 rings (SSSR count). The van der Waals surface area contributed by atoms with E-state index in [-0.39, 0.29) is 0 Å². The van der Waals surface area contributed by atoms with E-state index in [0.29, 0.717) is 35.8 Å². The van der Waals surface area contributed by atoms with Crippen LogP contribution in [0.3, 0.4) is 0 Å². The van der Waals surface area contributed by atoms with Crippen molar-refractivity contribution < 1.29 is 28.5 Å². The Labute approximate surface area is 353 Å². The maximum Gasteiger partial charge on any atom is 0.343 e. The molecule has 0 amide bonds. The highest BCUT2D eigenvalue weighted by Gasteiger charge is 2.12. The summed E-state index contributed by atoms with van der Waals surface area (Å²) in [5.74, 6) is 1.30. The lowest BCUT2D eigenvalue weighted by molar-refractivity contribution is 0.0719. The number of hydrogen-bond donors (Lipinski definition) is 0. The second-order valence-electron chi connectivity index (χ2n) is 16.2. The molecule has 0 radical (unpaired) electrons. The minimum absolute atomic E-state index is 0.364. The molecule has 58 heavy (non-hydrogen) atoms. The fourth-order valence-corrected chi connectivity index (χ4v) is 7.26. The number of esters is 2. The number of benzene rings is 3. The van der Waals surface area contributed by atoms with Crippen molar-refractivity contribution >= 4 is 11.9 Å². The highest BCUT2D eigenvalue weighted by atomic mass is 16.5. The minimum atomic E-state index is -0.463. The summed E-state index contributed by atoms with van der Waals surface area (Å²) < 4.78 is 22.9. The fourth-order valence-electron chi connectivity index (χ4n) is 7.26. The van der Waals surface area contributed by atoms with E-state index >= 15 is 0 Å². The Morgan fingerprint density at radius 2 is 0.534 bits per heavy atom. The fraction of sp³-hybridized carbons (Fsp3) is 0.615. The van der Waals surface area contributed by atoms with Gasteiger partial charge in [-0.05, 0) is 85.6 Å². The van der Waals surface area contributed by atoms with Crippen molar-refractivity contribution in [3.63, 3.8) is 0 Å². The summed E-state index contributed by atoms with van der Waals surface area (Å²) >= 11 is 0. The molecule has 0 unspecified atom stereocenters. The Morgan fingerprint density at radius 1 is 0.310 bits per heavy atom. The average molecular weight is 799 g/mol. The van der Waals surface area contributed by atoms with Crippen molar-refractivity contribution in [1.82, 2.24) is 0 Å². The Kier molecular flexibility index (Phi) is 27.7. The summed E-state index contributed by atoms with van der Waals surface area (Å²) in [6, 6.07) is 20.6. The normalized spacial score (nSPS) is 11.1. The lowest BCUT2D eigenvalue weighted by Crippen LogP contribution is -2.09. The molecule has 0 aliphatic rings. The zero-order chi connectivity index (χ0) is 41.1. The first-order valence-corrected chi connectivity index (χ1v) is 23.6. The average Bonchev–Trinajstić information content (AvgIpc) is 3.24. The van der Waals surface area contributed by atoms with Crippen LogP contribution in [0.4, 0.5) is 0 Å². The number of unbranched alkanes of at least 4 members (excludes halogenated alkanes) is 26. The molecule has 6 nitrogen and oxygen atoms in total. The van der Waals surface area contributed by atoms with Gasteiger partial charge in [-0.3, -0.25) is 0 Å². The third kappa shape index (κ3) is 23.6. The first kappa shape index (κ1) is 48.6. The van der Waals surface area contributed by atoms with Crippen LogP contribution in [-0.4, -0.2) is 25.2 Å². The number of ether oxygens (including phenoxy) is 4. The lowest BCUT2D eigenvalue weighted by atomic mass is 10.0. The summed E-state index contributed by atoms with van der Waals surface area (Å²) in [4.78, 5) is 25.5. The number of rotatable bonds is 36. The van der Waals surface area contributed by atoms with E-state index in [9.17, 15) is 9.59 Å². The minimum Gasteiger partial charge on any atom is -0.494 e. The highest BCUT2D eigenvalue weighted by Crippen LogP contribution is 2.22. The van der Waals surface area contributed by atoms with Gasteiger partial charge in [0.25, 0.3) is 0 Å². The van der Waals surface area contributed by atoms with Crippen LogP contribution < -0.4 is 18.9 Å². The first-order chi connectivity index (χ1) is 28.6. The summed E-state index contributed by atoms with van der Waals surface area (Å²) in [6.07, 6.45) is 37.3. The summed E-state index contributed by atoms with van der Waals surface area (Å²) in [5, 5.41) is 0. The SMILES string of the molecule is CCCCCCCCCCCCCCCCOc1ccc(C(=O)Oc2ccc(OC(=O)c3ccc(OCCCCCCCCCCCCCCCC)cc3)cc2)cc1. The number of hydrogen-bond acceptors (Lipinski definition) is 6. The molecule has 3 aromatic rings. The maximum absolute atomic E-state index is 12.8. The van der Waals surface area contributed by atoms with Gasteiger partial charge in [0.05, 0.1) is 24.3 Å². The first-order valence-electron chi connectivity index (χ1n) is 23.6. The van der Waals surface area contributed by atoms with Crippen LogP contribution in [0.15, 0.2) is 72.8 Å². The Hall–Kier alpha value is -3.80. The molecule has 0 fully saturated rings. The van der Waals surface area contributed by atoms with Gasteiger partial charge in [0.1, 0.15) is 23.0 Å². The number of carbonyl (C=O) groups excluding carboxylic acids is 2. The molecule has 0 aliphatic heterocycles. The van der Waals surface area contributed by atoms with Gasteiger partial charge in [0.15, 0.2) is 0 Å². The Balaban J connectivity index is 1.19. The molecule has 322 valence electrons. The molecule has 0 aliphatic carbocycles. The second kappa shape index (κ2) is 33.1. The van der Waals surface area contributed by atoms with Crippen molar-refractivity contribution in [2.24, 2.45) is 0 Å². The van der Waals surface area contributed by atoms with Crippen LogP contribution >= 0.6 is 0 Å². The molecule has 0 N–H and O–H groups in total. The van der Waals surface area contributed by atoms with Crippen molar-refractivity contribution in [3.05, 3.63) is 83.9 Å². The summed E-state index contributed by atoms with van der Waals surface area (Å²) in [7, 11) is 0. The van der Waals surface area contributed by atoms with E-state index in [2.05, 4.69) is 13.8 Å². The zero-order valence-corrected chi connectivity index (χ0v) is 36.6. The quantitative estimate of drug-likeness (QED) is 0.0331. The molecular weight excluding hydrogens is 721 g/mol. The van der Waals surface area contributed by atoms with E-state index in [0.717, 1.165) is 24.3 Å². The van der Waals surface area contributed by atoms with Crippen molar-refractivity contribution in [2.45, 2.75) is 194 Å². The third-order valence-electron chi connectivity index (χ3n) is 11.0. The van der Waals surface area contributed by atoms with Crippen molar-refractivity contribution in [1.29, 1.82) is 0 Å². The number of carbonyl (C=O) groups is 2. The standard InChI is InChI=1S/C52H78O6/c1-3-5-7-9-11-13-15-17-19-21-23-25-27-29-43-55-47-35-31-45(32-36-47)51(53)57-49-39-41-50(42-40-49)58-52(54)46-33-37-48(38-34-46)56-44-30-28-26-24-22-20-18-16-14-12-10-8-6-4-2/h31-42H,3-30,43-44H2,1-2H3. The molecular formula is C52H78O6. The van der Waals surface area contributed by atoms with Crippen molar-refractivity contribution in [2.75, 3.05) is 13.2 Å². The topological polar surface area (TPSA) is 71.1 Å². The molecule has 0 aromatic heterocycles. The van der Waals surface area contributed by atoms with Crippen LogP contribution in [0.1, 0.15) is 214 Å². The smallest absolute Gasteiger partial charge is 0.343 e. The van der Waals surface area contributed by atoms with E-state index < -0.39 is 11.9 Å². The molecule has 0 atom stereocenters. The van der Waals surface area contributed by atoms with Gasteiger partial charge >= 0.3 is 11.9 Å². The van der Waals surface area contributed by atoms with E-state index in [1.54, 1.807) is 48.5 Å². The van der Waals surface area contributed by atoms with Crippen molar-refractivity contribution in [3.8, 4) is 23.0 Å². The monoisotopic (exact) mass is 799 g/mol. The summed E-state index contributed by atoms with van der Waals surface area (Å²) in [6.45, 7) is 5.91. The third-order valence-corrected chi connectivity index (χ3v) is 11.0. The zero-order valence-electron chi connectivity index (χ0n) is 36.6. The Morgan fingerprint density at radius 3 is 0.793 bits per heavy atom. The maximum atomic E-state index is 12.8.